The summed E-state index contributed by atoms with van der Waals surface area (Å²) in [4.78, 5) is 32.5. The van der Waals surface area contributed by atoms with Crippen molar-refractivity contribution in [2.75, 3.05) is 16.0 Å². The van der Waals surface area contributed by atoms with E-state index in [9.17, 15) is 9.59 Å². The van der Waals surface area contributed by atoms with Gasteiger partial charge in [-0.15, -0.1) is 0 Å². The highest BCUT2D eigenvalue weighted by Crippen LogP contribution is 2.24. The molecule has 0 saturated heterocycles. The molecule has 0 unspecified atom stereocenters. The highest BCUT2D eigenvalue weighted by molar-refractivity contribution is 6.01. The van der Waals surface area contributed by atoms with Crippen LogP contribution in [0.4, 0.5) is 27.8 Å². The molecular formula is C25H21N5O2. The van der Waals surface area contributed by atoms with Gasteiger partial charge in [-0.2, -0.15) is 0 Å². The number of ketones is 1. The second-order valence-electron chi connectivity index (χ2n) is 7.07. The maximum absolute atomic E-state index is 12.4. The van der Waals surface area contributed by atoms with Crippen LogP contribution in [0, 0.1) is 0 Å². The number of urea groups is 1. The van der Waals surface area contributed by atoms with Gasteiger partial charge in [-0.25, -0.2) is 14.8 Å². The molecule has 0 spiro atoms. The number of amides is 2. The Kier molecular flexibility index (Phi) is 6.17. The molecule has 2 heterocycles. The minimum Gasteiger partial charge on any atom is -0.340 e. The third-order valence-corrected chi connectivity index (χ3v) is 4.67. The Morgan fingerprint density at radius 3 is 2.06 bits per heavy atom. The number of benzene rings is 2. The average Bonchev–Trinajstić information content (AvgIpc) is 2.80. The summed E-state index contributed by atoms with van der Waals surface area (Å²) in [6.07, 6.45) is 3.36. The van der Waals surface area contributed by atoms with Crippen LogP contribution >= 0.6 is 0 Å². The first kappa shape index (κ1) is 20.7. The smallest absolute Gasteiger partial charge is 0.324 e. The van der Waals surface area contributed by atoms with Gasteiger partial charge in [0.15, 0.2) is 5.78 Å². The maximum atomic E-state index is 12.4. The fourth-order valence-corrected chi connectivity index (χ4v) is 3.12. The van der Waals surface area contributed by atoms with E-state index in [1.165, 1.54) is 6.92 Å². The summed E-state index contributed by atoms with van der Waals surface area (Å²) in [6, 6.07) is 23.6. The zero-order valence-corrected chi connectivity index (χ0v) is 17.4. The predicted molar refractivity (Wildman–Crippen MR) is 126 cm³/mol. The highest BCUT2D eigenvalue weighted by atomic mass is 16.2. The van der Waals surface area contributed by atoms with Crippen LogP contribution in [0.15, 0.2) is 91.3 Å². The molecule has 0 fully saturated rings. The Labute approximate surface area is 185 Å². The Morgan fingerprint density at radius 2 is 1.34 bits per heavy atom. The number of nitrogens with one attached hydrogen (secondary N) is 3. The number of Topliss-reactive ketones (excluding diaryl/α,β-unsaturated/α-hetero) is 1. The lowest BCUT2D eigenvalue weighted by Gasteiger charge is -2.10. The number of para-hydroxylation sites is 1. The van der Waals surface area contributed by atoms with Gasteiger partial charge in [0.1, 0.15) is 11.6 Å². The van der Waals surface area contributed by atoms with Crippen LogP contribution in [-0.2, 0) is 0 Å². The van der Waals surface area contributed by atoms with Gasteiger partial charge in [0.25, 0.3) is 0 Å². The van der Waals surface area contributed by atoms with Crippen molar-refractivity contribution >= 4 is 34.8 Å². The molecule has 7 heteroatoms. The summed E-state index contributed by atoms with van der Waals surface area (Å²) in [5.41, 5.74) is 3.81. The van der Waals surface area contributed by atoms with Crippen molar-refractivity contribution in [2.24, 2.45) is 0 Å². The molecule has 32 heavy (non-hydrogen) atoms. The van der Waals surface area contributed by atoms with Crippen molar-refractivity contribution in [3.63, 3.8) is 0 Å². The van der Waals surface area contributed by atoms with Crippen LogP contribution in [0.25, 0.3) is 11.1 Å². The first-order chi connectivity index (χ1) is 15.6. The van der Waals surface area contributed by atoms with Gasteiger partial charge in [0, 0.05) is 29.3 Å². The normalized spacial score (nSPS) is 10.3. The number of rotatable bonds is 6. The van der Waals surface area contributed by atoms with E-state index >= 15 is 0 Å². The lowest BCUT2D eigenvalue weighted by atomic mass is 10.1. The Balaban J connectivity index is 1.47. The second-order valence-corrected chi connectivity index (χ2v) is 7.07. The highest BCUT2D eigenvalue weighted by Gasteiger charge is 2.08. The van der Waals surface area contributed by atoms with Gasteiger partial charge >= 0.3 is 6.03 Å². The number of pyridine rings is 2. The number of hydrogen-bond acceptors (Lipinski definition) is 5. The van der Waals surface area contributed by atoms with Crippen LogP contribution in [0.3, 0.4) is 0 Å². The van der Waals surface area contributed by atoms with Crippen molar-refractivity contribution in [1.29, 1.82) is 0 Å². The van der Waals surface area contributed by atoms with Gasteiger partial charge in [-0.3, -0.25) is 10.1 Å². The fourth-order valence-electron chi connectivity index (χ4n) is 3.12. The van der Waals surface area contributed by atoms with Crippen LogP contribution in [0.5, 0.6) is 0 Å². The maximum Gasteiger partial charge on any atom is 0.324 e. The standard InChI is InChI=1S/C25H21N5O2/c1-17(31)18-6-5-9-22(14-18)29-25(32)30-24-16-20(11-13-27-24)19-10-12-26-23(15-19)28-21-7-3-2-4-8-21/h2-16H,1H3,(H,26,28)(H2,27,29,30,32). The molecular weight excluding hydrogens is 402 g/mol. The molecule has 4 rings (SSSR count). The molecule has 0 bridgehead atoms. The Bertz CT molecular complexity index is 1260. The largest absolute Gasteiger partial charge is 0.340 e. The first-order valence-corrected chi connectivity index (χ1v) is 10.0. The summed E-state index contributed by atoms with van der Waals surface area (Å²) in [5.74, 6) is 1.04. The van der Waals surface area contributed by atoms with E-state index in [0.29, 0.717) is 22.9 Å². The summed E-state index contributed by atoms with van der Waals surface area (Å²) in [7, 11) is 0. The SMILES string of the molecule is CC(=O)c1cccc(NC(=O)Nc2cc(-c3ccnc(Nc4ccccc4)c3)ccn2)c1. The molecule has 158 valence electrons. The number of aromatic nitrogens is 2. The molecule has 0 saturated carbocycles. The van der Waals surface area contributed by atoms with Crippen LogP contribution in [0.1, 0.15) is 17.3 Å². The zero-order valence-electron chi connectivity index (χ0n) is 17.4. The van der Waals surface area contributed by atoms with Crippen molar-refractivity contribution in [1.82, 2.24) is 9.97 Å². The Morgan fingerprint density at radius 1 is 0.688 bits per heavy atom. The Hall–Kier alpha value is -4.52. The zero-order chi connectivity index (χ0) is 22.3. The minimum absolute atomic E-state index is 0.0677. The molecule has 0 aliphatic rings. The molecule has 4 aromatic rings. The molecule has 2 amide bonds. The molecule has 0 atom stereocenters. The van der Waals surface area contributed by atoms with Gasteiger partial charge in [0.05, 0.1) is 0 Å². The minimum atomic E-state index is -0.448. The van der Waals surface area contributed by atoms with E-state index in [2.05, 4.69) is 25.9 Å². The summed E-state index contributed by atoms with van der Waals surface area (Å²) >= 11 is 0. The molecule has 0 radical (unpaired) electrons. The summed E-state index contributed by atoms with van der Waals surface area (Å²) in [6.45, 7) is 1.48. The van der Waals surface area contributed by atoms with E-state index in [4.69, 9.17) is 0 Å². The number of carbonyl (C=O) groups excluding carboxylic acids is 2. The second kappa shape index (κ2) is 9.53. The number of hydrogen-bond donors (Lipinski definition) is 3. The van der Waals surface area contributed by atoms with Crippen LogP contribution in [-0.4, -0.2) is 21.8 Å². The van der Waals surface area contributed by atoms with E-state index < -0.39 is 6.03 Å². The average molecular weight is 423 g/mol. The molecule has 2 aromatic carbocycles. The van der Waals surface area contributed by atoms with Gasteiger partial charge in [-0.1, -0.05) is 30.3 Å². The fraction of sp³-hybridized carbons (Fsp3) is 0.0400. The van der Waals surface area contributed by atoms with Crippen LogP contribution < -0.4 is 16.0 Å². The van der Waals surface area contributed by atoms with E-state index in [0.717, 1.165) is 16.8 Å². The molecule has 2 aromatic heterocycles. The van der Waals surface area contributed by atoms with Crippen molar-refractivity contribution < 1.29 is 9.59 Å². The molecule has 7 nitrogen and oxygen atoms in total. The quantitative estimate of drug-likeness (QED) is 0.344. The van der Waals surface area contributed by atoms with Crippen molar-refractivity contribution in [3.8, 4) is 11.1 Å². The van der Waals surface area contributed by atoms with Gasteiger partial charge < -0.3 is 10.6 Å². The molecule has 0 aliphatic carbocycles. The van der Waals surface area contributed by atoms with E-state index in [1.807, 2.05) is 48.5 Å². The third kappa shape index (κ3) is 5.34. The molecule has 3 N–H and O–H groups in total. The topological polar surface area (TPSA) is 96.0 Å². The first-order valence-electron chi connectivity index (χ1n) is 10.0. The number of carbonyl (C=O) groups is 2. The van der Waals surface area contributed by atoms with E-state index in [-0.39, 0.29) is 5.78 Å². The predicted octanol–water partition coefficient (Wildman–Crippen LogP) is 5.73. The van der Waals surface area contributed by atoms with Gasteiger partial charge in [0.2, 0.25) is 0 Å². The third-order valence-electron chi connectivity index (χ3n) is 4.67. The van der Waals surface area contributed by atoms with Crippen LogP contribution in [0.2, 0.25) is 0 Å². The monoisotopic (exact) mass is 423 g/mol. The molecule has 0 aliphatic heterocycles. The number of nitrogens with zero attached hydrogens (tertiary/aromatic N) is 2. The lowest BCUT2D eigenvalue weighted by Crippen LogP contribution is -2.20. The van der Waals surface area contributed by atoms with E-state index in [1.54, 1.807) is 42.7 Å². The summed E-state index contributed by atoms with van der Waals surface area (Å²) in [5, 5.41) is 8.72. The van der Waals surface area contributed by atoms with Gasteiger partial charge in [-0.05, 0) is 66.6 Å². The lowest BCUT2D eigenvalue weighted by molar-refractivity contribution is 0.101. The number of anilines is 4. The van der Waals surface area contributed by atoms with Crippen molar-refractivity contribution in [2.45, 2.75) is 6.92 Å². The summed E-state index contributed by atoms with van der Waals surface area (Å²) < 4.78 is 0. The van der Waals surface area contributed by atoms with Crippen molar-refractivity contribution in [3.05, 3.63) is 96.8 Å².